The number of hydrogen-bond acceptors (Lipinski definition) is 7. The molecule has 0 saturated carbocycles. The number of carbonyl (C=O) groups excluding carboxylic acids is 1. The lowest BCUT2D eigenvalue weighted by molar-refractivity contribution is 0.102. The lowest BCUT2D eigenvalue weighted by Gasteiger charge is -2.09. The Morgan fingerprint density at radius 1 is 1.03 bits per heavy atom. The quantitative estimate of drug-likeness (QED) is 0.509. The summed E-state index contributed by atoms with van der Waals surface area (Å²) >= 11 is 5.95. The van der Waals surface area contributed by atoms with E-state index in [0.717, 1.165) is 18.3 Å². The minimum atomic E-state index is -4.06. The summed E-state index contributed by atoms with van der Waals surface area (Å²) in [5.41, 5.74) is 0.105. The number of aromatic nitrogens is 2. The SMILES string of the molecule is NS(=O)(=O)c1ccc(NC(=O)c2nc(S(=O)(=O)Cc3ccc(F)cc3)ncc2Cl)cc1. The maximum Gasteiger partial charge on any atom is 0.275 e. The molecule has 0 aliphatic rings. The topological polar surface area (TPSA) is 149 Å². The fourth-order valence-corrected chi connectivity index (χ4v) is 4.34. The summed E-state index contributed by atoms with van der Waals surface area (Å²) in [6.45, 7) is 0. The van der Waals surface area contributed by atoms with Gasteiger partial charge in [-0.1, -0.05) is 23.7 Å². The molecule has 1 heterocycles. The number of sulfone groups is 1. The van der Waals surface area contributed by atoms with E-state index in [1.807, 2.05) is 0 Å². The van der Waals surface area contributed by atoms with Crippen LogP contribution in [-0.2, 0) is 25.6 Å². The molecule has 9 nitrogen and oxygen atoms in total. The maximum atomic E-state index is 13.0. The fourth-order valence-electron chi connectivity index (χ4n) is 2.44. The van der Waals surface area contributed by atoms with Crippen LogP contribution in [-0.4, -0.2) is 32.7 Å². The molecule has 0 unspecified atom stereocenters. The third-order valence-electron chi connectivity index (χ3n) is 3.93. The molecule has 13 heteroatoms. The van der Waals surface area contributed by atoms with Crippen molar-refractivity contribution in [1.82, 2.24) is 9.97 Å². The summed E-state index contributed by atoms with van der Waals surface area (Å²) in [5, 5.41) is 6.62. The van der Waals surface area contributed by atoms with Gasteiger partial charge in [-0.25, -0.2) is 36.3 Å². The summed E-state index contributed by atoms with van der Waals surface area (Å²) in [7, 11) is -7.96. The third-order valence-corrected chi connectivity index (χ3v) is 6.60. The van der Waals surface area contributed by atoms with Crippen molar-refractivity contribution in [2.24, 2.45) is 5.14 Å². The Morgan fingerprint density at radius 2 is 1.65 bits per heavy atom. The zero-order chi connectivity index (χ0) is 22.8. The molecule has 0 aliphatic heterocycles. The third kappa shape index (κ3) is 5.61. The largest absolute Gasteiger partial charge is 0.321 e. The van der Waals surface area contributed by atoms with Gasteiger partial charge in [-0.3, -0.25) is 4.79 Å². The fraction of sp³-hybridized carbons (Fsp3) is 0.0556. The van der Waals surface area contributed by atoms with Crippen LogP contribution in [0.4, 0.5) is 10.1 Å². The average molecular weight is 485 g/mol. The number of sulfonamides is 1. The van der Waals surface area contributed by atoms with Crippen LogP contribution in [0.5, 0.6) is 0 Å². The summed E-state index contributed by atoms with van der Waals surface area (Å²) in [6, 6.07) is 9.80. The summed E-state index contributed by atoms with van der Waals surface area (Å²) in [4.78, 5) is 19.8. The first-order valence-corrected chi connectivity index (χ1v) is 12.0. The van der Waals surface area contributed by atoms with Crippen molar-refractivity contribution in [2.45, 2.75) is 15.8 Å². The monoisotopic (exact) mass is 484 g/mol. The van der Waals surface area contributed by atoms with Crippen molar-refractivity contribution in [3.8, 4) is 0 Å². The van der Waals surface area contributed by atoms with E-state index in [-0.39, 0.29) is 15.6 Å². The highest BCUT2D eigenvalue weighted by atomic mass is 35.5. The maximum absolute atomic E-state index is 13.0. The van der Waals surface area contributed by atoms with Gasteiger partial charge in [0.15, 0.2) is 5.69 Å². The molecule has 0 radical (unpaired) electrons. The van der Waals surface area contributed by atoms with Crippen LogP contribution >= 0.6 is 11.6 Å². The predicted molar refractivity (Wildman–Crippen MR) is 110 cm³/mol. The molecule has 3 N–H and O–H groups in total. The van der Waals surface area contributed by atoms with Crippen molar-refractivity contribution in [3.05, 3.63) is 76.8 Å². The van der Waals surface area contributed by atoms with E-state index < -0.39 is 48.2 Å². The predicted octanol–water partition coefficient (Wildman–Crippen LogP) is 2.14. The van der Waals surface area contributed by atoms with Crippen LogP contribution in [0.15, 0.2) is 64.8 Å². The zero-order valence-electron chi connectivity index (χ0n) is 15.5. The van der Waals surface area contributed by atoms with E-state index in [1.54, 1.807) is 0 Å². The van der Waals surface area contributed by atoms with Crippen LogP contribution in [0.3, 0.4) is 0 Å². The van der Waals surface area contributed by atoms with Crippen molar-refractivity contribution < 1.29 is 26.0 Å². The van der Waals surface area contributed by atoms with Crippen molar-refractivity contribution in [2.75, 3.05) is 5.32 Å². The van der Waals surface area contributed by atoms with Crippen LogP contribution < -0.4 is 10.5 Å². The molecular formula is C18H14ClFN4O5S2. The Hall–Kier alpha value is -2.93. The van der Waals surface area contributed by atoms with E-state index in [4.69, 9.17) is 16.7 Å². The van der Waals surface area contributed by atoms with Gasteiger partial charge >= 0.3 is 0 Å². The van der Waals surface area contributed by atoms with Gasteiger partial charge < -0.3 is 5.32 Å². The molecule has 3 aromatic rings. The molecule has 0 bridgehead atoms. The number of benzene rings is 2. The van der Waals surface area contributed by atoms with Crippen LogP contribution in [0.1, 0.15) is 16.1 Å². The van der Waals surface area contributed by atoms with Crippen molar-refractivity contribution in [1.29, 1.82) is 0 Å². The Kier molecular flexibility index (Phi) is 6.36. The van der Waals surface area contributed by atoms with Gasteiger partial charge in [0.25, 0.3) is 5.91 Å². The lowest BCUT2D eigenvalue weighted by Crippen LogP contribution is -2.18. The van der Waals surface area contributed by atoms with E-state index in [2.05, 4.69) is 15.3 Å². The Bertz CT molecular complexity index is 1350. The number of amides is 1. The summed E-state index contributed by atoms with van der Waals surface area (Å²) in [5.74, 6) is -1.86. The average Bonchev–Trinajstić information content (AvgIpc) is 2.69. The summed E-state index contributed by atoms with van der Waals surface area (Å²) < 4.78 is 60.8. The van der Waals surface area contributed by atoms with E-state index in [0.29, 0.717) is 5.56 Å². The first kappa shape index (κ1) is 22.7. The highest BCUT2D eigenvalue weighted by molar-refractivity contribution is 7.90. The second kappa shape index (κ2) is 8.67. The zero-order valence-corrected chi connectivity index (χ0v) is 17.9. The molecule has 162 valence electrons. The van der Waals surface area contributed by atoms with E-state index >= 15 is 0 Å². The molecule has 2 aromatic carbocycles. The van der Waals surface area contributed by atoms with Gasteiger partial charge in [0.2, 0.25) is 25.0 Å². The number of carbonyl (C=O) groups is 1. The number of nitrogens with zero attached hydrogens (tertiary/aromatic N) is 2. The second-order valence-corrected chi connectivity index (χ2v) is 10.1. The number of nitrogens with two attached hydrogens (primary N) is 1. The highest BCUT2D eigenvalue weighted by Crippen LogP contribution is 2.20. The second-order valence-electron chi connectivity index (χ2n) is 6.26. The van der Waals surface area contributed by atoms with Crippen molar-refractivity contribution >= 4 is 43.1 Å². The Labute approximate surface area is 182 Å². The van der Waals surface area contributed by atoms with E-state index in [1.165, 1.54) is 36.4 Å². The normalized spacial score (nSPS) is 11.8. The molecule has 1 aromatic heterocycles. The van der Waals surface area contributed by atoms with Crippen LogP contribution in [0.2, 0.25) is 5.02 Å². The first-order valence-electron chi connectivity index (χ1n) is 8.40. The Balaban J connectivity index is 1.84. The number of hydrogen-bond donors (Lipinski definition) is 2. The van der Waals surface area contributed by atoms with Gasteiger partial charge in [0.05, 0.1) is 21.9 Å². The van der Waals surface area contributed by atoms with Gasteiger partial charge in [0.1, 0.15) is 5.82 Å². The minimum Gasteiger partial charge on any atom is -0.321 e. The van der Waals surface area contributed by atoms with Gasteiger partial charge in [-0.05, 0) is 42.0 Å². The number of rotatable bonds is 6. The van der Waals surface area contributed by atoms with E-state index in [9.17, 15) is 26.0 Å². The summed E-state index contributed by atoms with van der Waals surface area (Å²) in [6.07, 6.45) is 0.977. The smallest absolute Gasteiger partial charge is 0.275 e. The number of nitrogens with one attached hydrogen (secondary N) is 1. The molecule has 0 spiro atoms. The number of primary sulfonamides is 1. The highest BCUT2D eigenvalue weighted by Gasteiger charge is 2.23. The lowest BCUT2D eigenvalue weighted by atomic mass is 10.2. The molecule has 0 atom stereocenters. The minimum absolute atomic E-state index is 0.153. The molecule has 31 heavy (non-hydrogen) atoms. The number of anilines is 1. The van der Waals surface area contributed by atoms with Crippen LogP contribution in [0, 0.1) is 5.82 Å². The molecule has 0 saturated heterocycles. The van der Waals surface area contributed by atoms with Gasteiger partial charge in [-0.15, -0.1) is 0 Å². The molecule has 1 amide bonds. The van der Waals surface area contributed by atoms with Gasteiger partial charge in [-0.2, -0.15) is 0 Å². The number of halogens is 2. The van der Waals surface area contributed by atoms with Crippen LogP contribution in [0.25, 0.3) is 0 Å². The molecule has 0 fully saturated rings. The van der Waals surface area contributed by atoms with Gasteiger partial charge in [0, 0.05) is 5.69 Å². The molecular weight excluding hydrogens is 471 g/mol. The molecule has 3 rings (SSSR count). The Morgan fingerprint density at radius 3 is 2.23 bits per heavy atom. The molecule has 0 aliphatic carbocycles. The van der Waals surface area contributed by atoms with Crippen molar-refractivity contribution in [3.63, 3.8) is 0 Å². The standard InChI is InChI=1S/C18H14ClFN4O5S2/c19-15-9-22-18(30(26,27)10-11-1-3-12(20)4-2-11)24-16(15)17(25)23-13-5-7-14(8-6-13)31(21,28)29/h1-9H,10H2,(H,23,25)(H2,21,28,29). The first-order chi connectivity index (χ1) is 14.5.